The van der Waals surface area contributed by atoms with Gasteiger partial charge in [0.2, 0.25) is 5.91 Å². The Morgan fingerprint density at radius 3 is 2.71 bits per heavy atom. The quantitative estimate of drug-likeness (QED) is 0.728. The summed E-state index contributed by atoms with van der Waals surface area (Å²) in [5.74, 6) is 1.13. The van der Waals surface area contributed by atoms with Crippen LogP contribution < -0.4 is 11.1 Å². The third kappa shape index (κ3) is 5.81. The Hall–Kier alpha value is -0.230. The summed E-state index contributed by atoms with van der Waals surface area (Å²) in [5.41, 5.74) is 8.35. The summed E-state index contributed by atoms with van der Waals surface area (Å²) >= 11 is 5.10. The minimum absolute atomic E-state index is 0. The van der Waals surface area contributed by atoms with Gasteiger partial charge in [-0.15, -0.1) is 24.2 Å². The highest BCUT2D eigenvalue weighted by atomic mass is 79.9. The van der Waals surface area contributed by atoms with E-state index >= 15 is 0 Å². The zero-order chi connectivity index (χ0) is 14.7. The van der Waals surface area contributed by atoms with Crippen molar-refractivity contribution in [1.29, 1.82) is 0 Å². The van der Waals surface area contributed by atoms with Gasteiger partial charge in [0.05, 0.1) is 5.75 Å². The maximum Gasteiger partial charge on any atom is 0.230 e. The Morgan fingerprint density at radius 2 is 2.10 bits per heavy atom. The normalized spacial score (nSPS) is 15.2. The molecule has 0 saturated heterocycles. The van der Waals surface area contributed by atoms with Crippen LogP contribution in [0.4, 0.5) is 0 Å². The fourth-order valence-corrected chi connectivity index (χ4v) is 3.42. The highest BCUT2D eigenvalue weighted by molar-refractivity contribution is 9.10. The van der Waals surface area contributed by atoms with Crippen molar-refractivity contribution < 1.29 is 4.79 Å². The van der Waals surface area contributed by atoms with E-state index in [1.54, 1.807) is 11.8 Å². The number of aryl methyl sites for hydroxylation is 2. The summed E-state index contributed by atoms with van der Waals surface area (Å²) in [7, 11) is 0. The molecule has 1 aliphatic carbocycles. The van der Waals surface area contributed by atoms with E-state index in [1.165, 1.54) is 24.0 Å². The second kappa shape index (κ2) is 8.42. The molecule has 3 nitrogen and oxygen atoms in total. The van der Waals surface area contributed by atoms with Crippen molar-refractivity contribution in [2.75, 3.05) is 12.3 Å². The first-order valence-electron chi connectivity index (χ1n) is 6.89. The lowest BCUT2D eigenvalue weighted by Gasteiger charge is -2.12. The number of nitrogens with one attached hydrogen (secondary N) is 1. The summed E-state index contributed by atoms with van der Waals surface area (Å²) in [4.78, 5) is 13.0. The third-order valence-electron chi connectivity index (χ3n) is 3.58. The van der Waals surface area contributed by atoms with Crippen LogP contribution in [-0.2, 0) is 4.79 Å². The van der Waals surface area contributed by atoms with Crippen molar-refractivity contribution in [2.45, 2.75) is 37.6 Å². The van der Waals surface area contributed by atoms with Gasteiger partial charge in [-0.05, 0) is 55.9 Å². The predicted octanol–water partition coefficient (Wildman–Crippen LogP) is 3.43. The molecule has 0 aromatic heterocycles. The molecule has 0 heterocycles. The topological polar surface area (TPSA) is 55.1 Å². The van der Waals surface area contributed by atoms with E-state index in [0.29, 0.717) is 18.2 Å². The van der Waals surface area contributed by atoms with Crippen molar-refractivity contribution in [3.8, 4) is 0 Å². The number of halogens is 2. The first kappa shape index (κ1) is 18.8. The zero-order valence-corrected chi connectivity index (χ0v) is 15.5. The van der Waals surface area contributed by atoms with E-state index in [2.05, 4.69) is 47.2 Å². The molecule has 21 heavy (non-hydrogen) atoms. The number of hydrogen-bond acceptors (Lipinski definition) is 3. The summed E-state index contributed by atoms with van der Waals surface area (Å²) in [5, 5.41) is 2.93. The first-order chi connectivity index (χ1) is 9.47. The minimum Gasteiger partial charge on any atom is -0.354 e. The third-order valence-corrected chi connectivity index (χ3v) is 5.59. The van der Waals surface area contributed by atoms with E-state index < -0.39 is 0 Å². The van der Waals surface area contributed by atoms with Crippen LogP contribution in [0, 0.1) is 19.8 Å². The SMILES string of the molecule is Cc1cc(SCC(=O)NCC(N)C2CC2)c(C)cc1Br.Cl. The molecular weight excluding hydrogens is 372 g/mol. The number of carbonyl (C=O) groups is 1. The van der Waals surface area contributed by atoms with E-state index in [-0.39, 0.29) is 24.4 Å². The van der Waals surface area contributed by atoms with Crippen LogP contribution in [-0.4, -0.2) is 24.2 Å². The van der Waals surface area contributed by atoms with Gasteiger partial charge in [-0.2, -0.15) is 0 Å². The van der Waals surface area contributed by atoms with E-state index in [1.807, 2.05) is 0 Å². The average molecular weight is 394 g/mol. The molecule has 0 bridgehead atoms. The molecule has 1 aromatic rings. The van der Waals surface area contributed by atoms with E-state index in [0.717, 1.165) is 9.37 Å². The monoisotopic (exact) mass is 392 g/mol. The van der Waals surface area contributed by atoms with Crippen LogP contribution in [0.25, 0.3) is 0 Å². The number of hydrogen-bond donors (Lipinski definition) is 2. The molecule has 1 saturated carbocycles. The summed E-state index contributed by atoms with van der Waals surface area (Å²) in [6, 6.07) is 4.34. The van der Waals surface area contributed by atoms with Crippen LogP contribution in [0.15, 0.2) is 21.5 Å². The van der Waals surface area contributed by atoms with Gasteiger partial charge in [0.25, 0.3) is 0 Å². The van der Waals surface area contributed by atoms with Crippen LogP contribution in [0.1, 0.15) is 24.0 Å². The van der Waals surface area contributed by atoms with Crippen molar-refractivity contribution in [2.24, 2.45) is 11.7 Å². The number of rotatable bonds is 6. The number of amides is 1. The van der Waals surface area contributed by atoms with Gasteiger partial charge in [-0.1, -0.05) is 15.9 Å². The fourth-order valence-electron chi connectivity index (χ4n) is 2.03. The van der Waals surface area contributed by atoms with Gasteiger partial charge in [0.15, 0.2) is 0 Å². The van der Waals surface area contributed by atoms with Crippen LogP contribution in [0.3, 0.4) is 0 Å². The number of thioether (sulfide) groups is 1. The Balaban J connectivity index is 0.00000220. The van der Waals surface area contributed by atoms with E-state index in [4.69, 9.17) is 5.73 Å². The maximum atomic E-state index is 11.8. The molecule has 0 aliphatic heterocycles. The summed E-state index contributed by atoms with van der Waals surface area (Å²) in [6.45, 7) is 4.72. The summed E-state index contributed by atoms with van der Waals surface area (Å²) in [6.07, 6.45) is 2.42. The average Bonchev–Trinajstić information content (AvgIpc) is 3.23. The van der Waals surface area contributed by atoms with Crippen molar-refractivity contribution in [3.63, 3.8) is 0 Å². The van der Waals surface area contributed by atoms with Crippen LogP contribution >= 0.6 is 40.1 Å². The molecule has 6 heteroatoms. The molecule has 1 aromatic carbocycles. The Kier molecular flexibility index (Phi) is 7.54. The highest BCUT2D eigenvalue weighted by Gasteiger charge is 2.28. The predicted molar refractivity (Wildman–Crippen MR) is 95.3 cm³/mol. The standard InChI is InChI=1S/C15H21BrN2OS.ClH/c1-9-6-14(10(2)5-12(9)16)20-8-15(19)18-7-13(17)11-3-4-11;/h5-6,11,13H,3-4,7-8,17H2,1-2H3,(H,18,19);1H. The lowest BCUT2D eigenvalue weighted by atomic mass is 10.2. The lowest BCUT2D eigenvalue weighted by molar-refractivity contribution is -0.118. The molecule has 1 amide bonds. The lowest BCUT2D eigenvalue weighted by Crippen LogP contribution is -2.39. The molecular formula is C15H22BrClN2OS. The van der Waals surface area contributed by atoms with Gasteiger partial charge in [0, 0.05) is 22.0 Å². The second-order valence-corrected chi connectivity index (χ2v) is 7.33. The minimum atomic E-state index is 0. The largest absolute Gasteiger partial charge is 0.354 e. The molecule has 1 atom stereocenters. The Bertz CT molecular complexity index is 509. The second-order valence-electron chi connectivity index (χ2n) is 5.46. The van der Waals surface area contributed by atoms with Gasteiger partial charge < -0.3 is 11.1 Å². The van der Waals surface area contributed by atoms with Gasteiger partial charge >= 0.3 is 0 Å². The molecule has 1 unspecified atom stereocenters. The van der Waals surface area contributed by atoms with Crippen LogP contribution in [0.2, 0.25) is 0 Å². The molecule has 1 aliphatic rings. The van der Waals surface area contributed by atoms with Crippen molar-refractivity contribution in [1.82, 2.24) is 5.32 Å². The first-order valence-corrected chi connectivity index (χ1v) is 8.67. The number of carbonyl (C=O) groups excluding carboxylic acids is 1. The summed E-state index contributed by atoms with van der Waals surface area (Å²) < 4.78 is 1.11. The molecule has 118 valence electrons. The smallest absolute Gasteiger partial charge is 0.230 e. The van der Waals surface area contributed by atoms with Gasteiger partial charge in [-0.25, -0.2) is 0 Å². The molecule has 2 rings (SSSR count). The Morgan fingerprint density at radius 1 is 1.43 bits per heavy atom. The van der Waals surface area contributed by atoms with Gasteiger partial charge in [0.1, 0.15) is 0 Å². The number of benzene rings is 1. The molecule has 1 fully saturated rings. The molecule has 3 N–H and O–H groups in total. The number of nitrogens with two attached hydrogens (primary N) is 1. The zero-order valence-electron chi connectivity index (χ0n) is 12.3. The molecule has 0 radical (unpaired) electrons. The fraction of sp³-hybridized carbons (Fsp3) is 0.533. The van der Waals surface area contributed by atoms with Gasteiger partial charge in [-0.3, -0.25) is 4.79 Å². The maximum absolute atomic E-state index is 11.8. The van der Waals surface area contributed by atoms with Crippen molar-refractivity contribution in [3.05, 3.63) is 27.7 Å². The highest BCUT2D eigenvalue weighted by Crippen LogP contribution is 2.31. The molecule has 0 spiro atoms. The van der Waals surface area contributed by atoms with E-state index in [9.17, 15) is 4.79 Å². The van der Waals surface area contributed by atoms with Crippen molar-refractivity contribution >= 4 is 46.0 Å². The van der Waals surface area contributed by atoms with Crippen LogP contribution in [0.5, 0.6) is 0 Å². The Labute approximate surface area is 145 Å².